The third kappa shape index (κ3) is 5.42. The molecule has 1 heterocycles. The normalized spacial score (nSPS) is 11.5. The van der Waals surface area contributed by atoms with Crippen LogP contribution in [0.15, 0.2) is 11.1 Å². The second-order valence-corrected chi connectivity index (χ2v) is 4.26. The van der Waals surface area contributed by atoms with E-state index in [1.807, 2.05) is 5.32 Å². The largest absolute Gasteiger partial charge is 0.508 e. The van der Waals surface area contributed by atoms with Crippen LogP contribution in [-0.2, 0) is 43.9 Å². The molecule has 1 aromatic rings. The minimum Gasteiger partial charge on any atom is -0.508 e. The number of aromatic nitrogens is 1. The fourth-order valence-corrected chi connectivity index (χ4v) is 1.46. The Hall–Kier alpha value is -1.40. The van der Waals surface area contributed by atoms with E-state index < -0.39 is 36.1 Å². The van der Waals surface area contributed by atoms with Crippen molar-refractivity contribution in [3.05, 3.63) is 35.7 Å². The molecule has 0 fully saturated rings. The Labute approximate surface area is 149 Å². The minimum atomic E-state index is -3.20. The molecule has 0 atom stereocenters. The third-order valence-corrected chi connectivity index (χ3v) is 2.40. The number of hydrogen-bond acceptors (Lipinski definition) is 4. The van der Waals surface area contributed by atoms with Crippen LogP contribution in [0.2, 0.25) is 0 Å². The Bertz CT molecular complexity index is 662. The average Bonchev–Trinajstić information content (AvgIpc) is 2.39. The van der Waals surface area contributed by atoms with Gasteiger partial charge in [0.1, 0.15) is 12.6 Å². The molecule has 0 aliphatic carbocycles. The van der Waals surface area contributed by atoms with E-state index in [2.05, 4.69) is 12.0 Å². The molecule has 1 rings (SSSR count). The molecule has 0 aliphatic heterocycles. The van der Waals surface area contributed by atoms with Crippen LogP contribution in [0.1, 0.15) is 18.2 Å². The first kappa shape index (κ1) is 20.6. The Kier molecular flexibility index (Phi) is 7.77. The zero-order valence-corrected chi connectivity index (χ0v) is 14.4. The molecule has 0 aromatic carbocycles. The van der Waals surface area contributed by atoms with E-state index in [0.717, 1.165) is 0 Å². The molecule has 1 amide bonds. The molecule has 117 valence electrons. The molecule has 6 nitrogen and oxygen atoms in total. The molecule has 0 aliphatic rings. The number of carbonyl (C=O) groups is 1. The summed E-state index contributed by atoms with van der Waals surface area (Å²) < 4.78 is 39.3. The van der Waals surface area contributed by atoms with Gasteiger partial charge in [0.05, 0.1) is 17.7 Å². The van der Waals surface area contributed by atoms with Crippen molar-refractivity contribution in [3.8, 4) is 6.07 Å². The molecule has 22 heavy (non-hydrogen) atoms. The van der Waals surface area contributed by atoms with Crippen LogP contribution in [0.4, 0.5) is 13.2 Å². The number of rotatable bonds is 4. The quantitative estimate of drug-likeness (QED) is 0.587. The molecule has 0 saturated carbocycles. The summed E-state index contributed by atoms with van der Waals surface area (Å²) in [5.41, 5.74) is -1.39. The molecular weight excluding hydrogens is 378 g/mol. The minimum absolute atomic E-state index is 0. The van der Waals surface area contributed by atoms with Crippen LogP contribution < -0.4 is 10.8 Å². The maximum Gasteiger partial charge on any atom is 0.264 e. The topological polar surface area (TPSA) is 90.4 Å². The third-order valence-electron chi connectivity index (χ3n) is 2.40. The molecule has 0 bridgehead atoms. The summed E-state index contributed by atoms with van der Waals surface area (Å²) in [4.78, 5) is 14.5. The van der Waals surface area contributed by atoms with E-state index in [0.29, 0.717) is 13.0 Å². The van der Waals surface area contributed by atoms with Crippen molar-refractivity contribution in [2.75, 3.05) is 6.54 Å². The Morgan fingerprint density at radius 2 is 2.23 bits per heavy atom. The number of alkyl halides is 2. The first-order valence-electron chi connectivity index (χ1n) is 5.67. The molecule has 1 aromatic heterocycles. The van der Waals surface area contributed by atoms with Gasteiger partial charge in [0, 0.05) is 39.6 Å². The molecule has 2 N–H and O–H groups in total. The zero-order chi connectivity index (χ0) is 16.2. The van der Waals surface area contributed by atoms with Gasteiger partial charge < -0.3 is 10.5 Å². The summed E-state index contributed by atoms with van der Waals surface area (Å²) in [5.74, 6) is -5.01. The maximum absolute atomic E-state index is 13.7. The number of hydrogen-bond donors (Lipinski definition) is 2. The molecular formula is C12H12F3N4O2Y-. The smallest absolute Gasteiger partial charge is 0.264 e. The molecule has 0 unspecified atom stereocenters. The summed E-state index contributed by atoms with van der Waals surface area (Å²) in [7, 11) is 3.11. The number of nitriles is 1. The fourth-order valence-electron chi connectivity index (χ4n) is 1.46. The van der Waals surface area contributed by atoms with E-state index in [9.17, 15) is 23.2 Å². The van der Waals surface area contributed by atoms with Crippen LogP contribution in [0, 0.1) is 24.2 Å². The molecule has 0 saturated heterocycles. The van der Waals surface area contributed by atoms with E-state index in [-0.39, 0.29) is 48.7 Å². The summed E-state index contributed by atoms with van der Waals surface area (Å²) in [6, 6.07) is 2.31. The SMILES string of the molecule is [CH2-]NC(=O)Cc1c(C#N)cc(F)c(=NCC(C)(F)F)n1O.[Y]. The first-order valence-corrected chi connectivity index (χ1v) is 5.67. The van der Waals surface area contributed by atoms with Gasteiger partial charge in [-0.1, -0.05) is 0 Å². The van der Waals surface area contributed by atoms with Gasteiger partial charge in [-0.25, -0.2) is 13.2 Å². The summed E-state index contributed by atoms with van der Waals surface area (Å²) in [5, 5.41) is 20.7. The van der Waals surface area contributed by atoms with Gasteiger partial charge in [0.2, 0.25) is 0 Å². The second-order valence-electron chi connectivity index (χ2n) is 4.26. The summed E-state index contributed by atoms with van der Waals surface area (Å²) in [6.45, 7) is -0.478. The molecule has 1 radical (unpaired) electrons. The van der Waals surface area contributed by atoms with Crippen LogP contribution in [0.5, 0.6) is 0 Å². The number of halogens is 3. The van der Waals surface area contributed by atoms with Crippen molar-refractivity contribution >= 4 is 5.91 Å². The zero-order valence-electron chi connectivity index (χ0n) is 11.6. The van der Waals surface area contributed by atoms with Crippen molar-refractivity contribution in [1.82, 2.24) is 10.0 Å². The summed E-state index contributed by atoms with van der Waals surface area (Å²) >= 11 is 0. The van der Waals surface area contributed by atoms with E-state index in [1.165, 1.54) is 0 Å². The molecule has 0 spiro atoms. The summed E-state index contributed by atoms with van der Waals surface area (Å²) in [6.07, 6.45) is -0.492. The number of amides is 1. The van der Waals surface area contributed by atoms with E-state index in [4.69, 9.17) is 5.26 Å². The second kappa shape index (κ2) is 8.29. The van der Waals surface area contributed by atoms with Gasteiger partial charge in [-0.3, -0.25) is 16.8 Å². The van der Waals surface area contributed by atoms with Gasteiger partial charge in [-0.05, 0) is 6.07 Å². The Morgan fingerprint density at radius 3 is 2.68 bits per heavy atom. The predicted molar refractivity (Wildman–Crippen MR) is 64.5 cm³/mol. The average molecular weight is 390 g/mol. The van der Waals surface area contributed by atoms with Gasteiger partial charge in [-0.15, -0.1) is 0 Å². The maximum atomic E-state index is 13.7. The molecule has 10 heteroatoms. The Balaban J connectivity index is 0.00000441. The van der Waals surface area contributed by atoms with Crippen LogP contribution in [-0.4, -0.2) is 28.3 Å². The van der Waals surface area contributed by atoms with E-state index in [1.54, 1.807) is 6.07 Å². The first-order chi connectivity index (χ1) is 9.69. The van der Waals surface area contributed by atoms with Crippen LogP contribution in [0.3, 0.4) is 0 Å². The van der Waals surface area contributed by atoms with Crippen molar-refractivity contribution in [2.45, 2.75) is 19.3 Å². The van der Waals surface area contributed by atoms with Crippen molar-refractivity contribution in [3.63, 3.8) is 0 Å². The number of nitrogens with one attached hydrogen (secondary N) is 1. The van der Waals surface area contributed by atoms with Gasteiger partial charge >= 0.3 is 0 Å². The van der Waals surface area contributed by atoms with Crippen LogP contribution >= 0.6 is 0 Å². The van der Waals surface area contributed by atoms with Gasteiger partial charge in [0.25, 0.3) is 5.92 Å². The van der Waals surface area contributed by atoms with Crippen molar-refractivity contribution < 1.29 is 55.9 Å². The van der Waals surface area contributed by atoms with Crippen molar-refractivity contribution in [2.24, 2.45) is 4.99 Å². The number of nitrogens with zero attached hydrogens (tertiary/aromatic N) is 3. The monoisotopic (exact) mass is 390 g/mol. The van der Waals surface area contributed by atoms with Gasteiger partial charge in [0.15, 0.2) is 17.2 Å². The number of carbonyl (C=O) groups excluding carboxylic acids is 1. The van der Waals surface area contributed by atoms with E-state index >= 15 is 0 Å². The number of pyridine rings is 1. The predicted octanol–water partition coefficient (Wildman–Crippen LogP) is 0.740. The fraction of sp³-hybridized carbons (Fsp3) is 0.333. The standard InChI is InChI=1S/C12H12F3N4O2.Y/c1-12(14,15)6-18-11-8(13)3-7(5-16)9(19(11)21)4-10(20)17-2;/h3,21H,2,4,6H2,1H3,(H,17,20);/q-1;. The van der Waals surface area contributed by atoms with Crippen LogP contribution in [0.25, 0.3) is 0 Å². The van der Waals surface area contributed by atoms with Gasteiger partial charge in [-0.2, -0.15) is 9.99 Å². The van der Waals surface area contributed by atoms with Crippen molar-refractivity contribution in [1.29, 1.82) is 5.26 Å². The Morgan fingerprint density at radius 1 is 1.64 bits per heavy atom.